The third kappa shape index (κ3) is 30.5. The van der Waals surface area contributed by atoms with Crippen LogP contribution in [0.25, 0.3) is 0 Å². The van der Waals surface area contributed by atoms with Gasteiger partial charge in [-0.2, -0.15) is 0 Å². The lowest BCUT2D eigenvalue weighted by Gasteiger charge is -2.26. The number of phosphoric ester groups is 1. The number of aliphatic hydroxyl groups excluding tert-OH is 3. The van der Waals surface area contributed by atoms with Gasteiger partial charge >= 0.3 is 0 Å². The summed E-state index contributed by atoms with van der Waals surface area (Å²) in [7, 11) is -4.80. The number of hydrogen-bond acceptors (Lipinski definition) is 8. The third-order valence-corrected chi connectivity index (χ3v) is 12.7. The van der Waals surface area contributed by atoms with E-state index in [1.54, 1.807) is 6.08 Å². The Kier molecular flexibility index (Phi) is 32.1. The highest BCUT2D eigenvalue weighted by atomic mass is 31.2. The monoisotopic (exact) mass is 910 g/mol. The molecule has 0 amide bonds. The first-order valence-electron chi connectivity index (χ1n) is 24.1. The van der Waals surface area contributed by atoms with Gasteiger partial charge in [0, 0.05) is 0 Å². The highest BCUT2D eigenvalue weighted by Gasteiger charge is 2.44. The SMILES string of the molecule is CC(C)=CCC/C(C)=C/CC/C(C)=C\CC/C(C)=C\CC/C(C)=C\CC/C(C)=C\CC/C(C)=C\CC/C(C)=C\CC/C(C)=C\CC/C(C)=C\COP(=O)([O-])O[C@@H]1O[C@H](CO)[C@@H](O)[C@@H]1O. The normalized spacial score (nSPS) is 21.2. The molecule has 64 heavy (non-hydrogen) atoms. The van der Waals surface area contributed by atoms with E-state index in [1.165, 1.54) is 63.0 Å². The van der Waals surface area contributed by atoms with E-state index < -0.39 is 39.0 Å². The fraction of sp³-hybridized carbons (Fsp3) is 0.636. The number of aliphatic hydroxyl groups is 3. The van der Waals surface area contributed by atoms with E-state index in [2.05, 4.69) is 124 Å². The Labute approximate surface area is 391 Å². The van der Waals surface area contributed by atoms with Gasteiger partial charge in [0.05, 0.1) is 13.2 Å². The lowest BCUT2D eigenvalue weighted by molar-refractivity contribution is -0.248. The second-order valence-corrected chi connectivity index (χ2v) is 20.0. The van der Waals surface area contributed by atoms with Gasteiger partial charge in [-0.1, -0.05) is 116 Å². The van der Waals surface area contributed by atoms with E-state index in [-0.39, 0.29) is 6.61 Å². The Hall–Kier alpha value is -2.65. The van der Waals surface area contributed by atoms with E-state index in [1.807, 2.05) is 6.92 Å². The maximum atomic E-state index is 12.1. The molecule has 0 bridgehead atoms. The number of hydrogen-bond donors (Lipinski definition) is 3. The largest absolute Gasteiger partial charge is 0.756 e. The molecule has 0 spiro atoms. The van der Waals surface area contributed by atoms with Gasteiger partial charge in [-0.15, -0.1) is 0 Å². The summed E-state index contributed by atoms with van der Waals surface area (Å²) >= 11 is 0. The molecule has 1 saturated heterocycles. The molecular formula is C55H90O8P-. The van der Waals surface area contributed by atoms with Crippen molar-refractivity contribution in [2.24, 2.45) is 0 Å². The van der Waals surface area contributed by atoms with Gasteiger partial charge in [0.25, 0.3) is 7.82 Å². The molecule has 0 aliphatic carbocycles. The van der Waals surface area contributed by atoms with Gasteiger partial charge in [-0.25, -0.2) is 0 Å². The van der Waals surface area contributed by atoms with E-state index in [4.69, 9.17) is 18.9 Å². The van der Waals surface area contributed by atoms with Crippen molar-refractivity contribution in [1.29, 1.82) is 0 Å². The average molecular weight is 910 g/mol. The van der Waals surface area contributed by atoms with Gasteiger partial charge in [-0.3, -0.25) is 9.09 Å². The van der Waals surface area contributed by atoms with Gasteiger partial charge in [0.15, 0.2) is 6.29 Å². The Morgan fingerprint density at radius 1 is 0.469 bits per heavy atom. The van der Waals surface area contributed by atoms with Crippen LogP contribution in [0.3, 0.4) is 0 Å². The van der Waals surface area contributed by atoms with Crippen molar-refractivity contribution in [2.45, 2.75) is 216 Å². The predicted octanol–water partition coefficient (Wildman–Crippen LogP) is 14.4. The molecule has 1 unspecified atom stereocenters. The van der Waals surface area contributed by atoms with Crippen LogP contribution in [0.1, 0.15) is 192 Å². The third-order valence-electron chi connectivity index (χ3n) is 11.7. The van der Waals surface area contributed by atoms with E-state index in [0.29, 0.717) is 0 Å². The van der Waals surface area contributed by atoms with Crippen molar-refractivity contribution >= 4 is 7.82 Å². The van der Waals surface area contributed by atoms with Crippen LogP contribution in [0, 0.1) is 0 Å². The fourth-order valence-corrected chi connectivity index (χ4v) is 8.00. The van der Waals surface area contributed by atoms with Crippen LogP contribution in [-0.4, -0.2) is 53.1 Å². The number of phosphoric acid groups is 1. The summed E-state index contributed by atoms with van der Waals surface area (Å²) < 4.78 is 26.8. The first kappa shape index (κ1) is 59.4. The smallest absolute Gasteiger partial charge is 0.270 e. The summed E-state index contributed by atoms with van der Waals surface area (Å²) in [5.41, 5.74) is 14.1. The first-order valence-corrected chi connectivity index (χ1v) is 25.6. The Morgan fingerprint density at radius 3 is 0.984 bits per heavy atom. The fourth-order valence-electron chi connectivity index (χ4n) is 7.26. The van der Waals surface area contributed by atoms with Crippen molar-refractivity contribution in [3.05, 3.63) is 116 Å². The van der Waals surface area contributed by atoms with Crippen LogP contribution in [0.2, 0.25) is 0 Å². The summed E-state index contributed by atoms with van der Waals surface area (Å²) in [6.45, 7) is 23.5. The maximum Gasteiger partial charge on any atom is 0.270 e. The zero-order valence-corrected chi connectivity index (χ0v) is 42.9. The molecule has 1 rings (SSSR count). The summed E-state index contributed by atoms with van der Waals surface area (Å²) in [5, 5.41) is 28.8. The van der Waals surface area contributed by atoms with Crippen molar-refractivity contribution < 1.29 is 38.6 Å². The molecule has 9 heteroatoms. The number of allylic oxidation sites excluding steroid dienone is 19. The summed E-state index contributed by atoms with van der Waals surface area (Å²) in [4.78, 5) is 12.1. The molecule has 0 aromatic rings. The van der Waals surface area contributed by atoms with Crippen LogP contribution < -0.4 is 4.89 Å². The Balaban J connectivity index is 2.25. The van der Waals surface area contributed by atoms with Gasteiger partial charge in [0.2, 0.25) is 0 Å². The molecule has 0 aromatic heterocycles. The molecule has 1 heterocycles. The molecule has 364 valence electrons. The minimum absolute atomic E-state index is 0.216. The molecular weight excluding hydrogens is 820 g/mol. The van der Waals surface area contributed by atoms with Crippen molar-refractivity contribution in [3.63, 3.8) is 0 Å². The Bertz CT molecular complexity index is 1710. The second-order valence-electron chi connectivity index (χ2n) is 18.6. The topological polar surface area (TPSA) is 129 Å². The first-order chi connectivity index (χ1) is 30.3. The molecule has 1 aliphatic heterocycles. The zero-order valence-electron chi connectivity index (χ0n) is 42.1. The summed E-state index contributed by atoms with van der Waals surface area (Å²) in [5.74, 6) is 0. The van der Waals surface area contributed by atoms with E-state index in [0.717, 1.165) is 108 Å². The number of ether oxygens (including phenoxy) is 1. The van der Waals surface area contributed by atoms with Crippen molar-refractivity contribution in [1.82, 2.24) is 0 Å². The van der Waals surface area contributed by atoms with Crippen molar-refractivity contribution in [3.8, 4) is 0 Å². The van der Waals surface area contributed by atoms with Gasteiger partial charge < -0.3 is 29.5 Å². The maximum absolute atomic E-state index is 12.1. The zero-order chi connectivity index (χ0) is 47.9. The van der Waals surface area contributed by atoms with Gasteiger partial charge in [-0.05, 0) is 192 Å². The van der Waals surface area contributed by atoms with Crippen LogP contribution in [0.15, 0.2) is 116 Å². The van der Waals surface area contributed by atoms with Crippen LogP contribution in [0.5, 0.6) is 0 Å². The number of rotatable bonds is 33. The van der Waals surface area contributed by atoms with Crippen LogP contribution >= 0.6 is 7.82 Å². The molecule has 0 radical (unpaired) electrons. The standard InChI is InChI=1S/C55H91O8P/c1-42(2)21-12-22-43(3)23-13-24-44(4)25-14-26-45(5)27-15-28-46(6)29-16-30-47(7)31-17-32-48(8)33-18-34-49(9)35-19-36-50(10)37-20-38-51(11)39-40-61-64(59,60)63-55-54(58)53(57)52(41-56)62-55/h21,23,25,27,29,31,33,35,37,39,52-58H,12-20,22,24,26,28,30,32,34,36,38,40-41H2,1-11H3,(H,59,60)/p-1/b43-23+,44-25-,45-27-,46-29-,47-31-,48-33-,49-35-,50-37-,51-39-/t52-,53-,54+,55+/m1/s1. The average Bonchev–Trinajstić information content (AvgIpc) is 3.47. The second kappa shape index (κ2) is 34.6. The minimum atomic E-state index is -4.80. The quantitative estimate of drug-likeness (QED) is 0.0439. The van der Waals surface area contributed by atoms with Gasteiger partial charge in [0.1, 0.15) is 18.3 Å². The lowest BCUT2D eigenvalue weighted by atomic mass is 10.0. The van der Waals surface area contributed by atoms with Crippen LogP contribution in [-0.2, 0) is 18.3 Å². The molecule has 5 atom stereocenters. The molecule has 0 saturated carbocycles. The van der Waals surface area contributed by atoms with E-state index in [9.17, 15) is 19.7 Å². The highest BCUT2D eigenvalue weighted by molar-refractivity contribution is 7.45. The lowest BCUT2D eigenvalue weighted by Crippen LogP contribution is -2.34. The molecule has 1 aliphatic rings. The molecule has 3 N–H and O–H groups in total. The van der Waals surface area contributed by atoms with E-state index >= 15 is 0 Å². The predicted molar refractivity (Wildman–Crippen MR) is 269 cm³/mol. The minimum Gasteiger partial charge on any atom is -0.756 e. The summed E-state index contributed by atoms with van der Waals surface area (Å²) in [6, 6.07) is 0. The Morgan fingerprint density at radius 2 is 0.734 bits per heavy atom. The molecule has 0 aromatic carbocycles. The van der Waals surface area contributed by atoms with Crippen LogP contribution in [0.4, 0.5) is 0 Å². The molecule has 1 fully saturated rings. The molecule has 8 nitrogen and oxygen atoms in total. The van der Waals surface area contributed by atoms with Crippen molar-refractivity contribution in [2.75, 3.05) is 13.2 Å². The summed E-state index contributed by atoms with van der Waals surface area (Å²) in [6.07, 6.45) is 36.8. The highest BCUT2D eigenvalue weighted by Crippen LogP contribution is 2.42.